The maximum Gasteiger partial charge on any atom is 0.348 e. The molecule has 0 spiro atoms. The van der Waals surface area contributed by atoms with Gasteiger partial charge in [0.25, 0.3) is 0 Å². The van der Waals surface area contributed by atoms with E-state index in [9.17, 15) is 9.59 Å². The van der Waals surface area contributed by atoms with E-state index in [2.05, 4.69) is 9.64 Å². The van der Waals surface area contributed by atoms with Crippen LogP contribution in [0.25, 0.3) is 0 Å². The molecule has 2 aromatic carbocycles. The van der Waals surface area contributed by atoms with Gasteiger partial charge in [0.2, 0.25) is 6.10 Å². The summed E-state index contributed by atoms with van der Waals surface area (Å²) in [6.45, 7) is 1.56. The Hall–Kier alpha value is -3.12. The lowest BCUT2D eigenvalue weighted by Gasteiger charge is -2.26. The zero-order chi connectivity index (χ0) is 20.2. The Morgan fingerprint density at radius 1 is 0.893 bits per heavy atom. The van der Waals surface area contributed by atoms with Crippen molar-refractivity contribution in [3.8, 4) is 0 Å². The average molecular weight is 383 g/mol. The van der Waals surface area contributed by atoms with Gasteiger partial charge >= 0.3 is 11.9 Å². The molecule has 0 aromatic heterocycles. The van der Waals surface area contributed by atoms with Gasteiger partial charge in [0.05, 0.1) is 26.6 Å². The molecule has 1 atom stereocenters. The van der Waals surface area contributed by atoms with Crippen molar-refractivity contribution in [2.24, 2.45) is 0 Å². The van der Waals surface area contributed by atoms with E-state index < -0.39 is 18.0 Å². The number of ether oxygens (including phenoxy) is 3. The van der Waals surface area contributed by atoms with Gasteiger partial charge in [-0.25, -0.2) is 9.59 Å². The summed E-state index contributed by atoms with van der Waals surface area (Å²) in [5.74, 6) is -1.07. The van der Waals surface area contributed by atoms with Crippen LogP contribution in [0.5, 0.6) is 0 Å². The van der Waals surface area contributed by atoms with Crippen LogP contribution in [0, 0.1) is 0 Å². The minimum Gasteiger partial charge on any atom is -0.485 e. The van der Waals surface area contributed by atoms with Crippen molar-refractivity contribution in [1.29, 1.82) is 0 Å². The van der Waals surface area contributed by atoms with Crippen LogP contribution < -0.4 is 0 Å². The second-order valence-corrected chi connectivity index (χ2v) is 6.11. The molecule has 2 aromatic rings. The molecule has 28 heavy (non-hydrogen) atoms. The number of esters is 2. The molecule has 0 saturated heterocycles. The highest BCUT2D eigenvalue weighted by molar-refractivity contribution is 5.81. The third-order valence-corrected chi connectivity index (χ3v) is 4.03. The normalized spacial score (nSPS) is 12.0. The Kier molecular flexibility index (Phi) is 8.75. The molecule has 0 amide bonds. The van der Waals surface area contributed by atoms with Gasteiger partial charge in [-0.1, -0.05) is 60.7 Å². The molecular weight excluding hydrogens is 358 g/mol. The van der Waals surface area contributed by atoms with Gasteiger partial charge in [-0.15, -0.1) is 0 Å². The molecule has 1 unspecified atom stereocenters. The first kappa shape index (κ1) is 21.2. The number of carbonyl (C=O) groups excluding carboxylic acids is 2. The highest BCUT2D eigenvalue weighted by Gasteiger charge is 2.23. The predicted octanol–water partition coefficient (Wildman–Crippen LogP) is 2.93. The van der Waals surface area contributed by atoms with Crippen molar-refractivity contribution in [3.63, 3.8) is 0 Å². The lowest BCUT2D eigenvalue weighted by atomic mass is 10.1. The van der Waals surface area contributed by atoms with Crippen LogP contribution in [0.4, 0.5) is 0 Å². The van der Waals surface area contributed by atoms with Gasteiger partial charge in [-0.05, 0) is 11.1 Å². The standard InChI is InChI=1S/C22H25NO5/c1-26-21(24)13-14-28-20(22(25)27-2)17-23(15-18-9-5-3-6-10-18)16-19-11-7-4-8-12-19/h3-14,20H,15-17H2,1-2H3. The fourth-order valence-corrected chi connectivity index (χ4v) is 2.67. The molecule has 0 aliphatic carbocycles. The van der Waals surface area contributed by atoms with Gasteiger partial charge in [0.15, 0.2) is 0 Å². The highest BCUT2D eigenvalue weighted by Crippen LogP contribution is 2.12. The first-order valence-corrected chi connectivity index (χ1v) is 8.90. The van der Waals surface area contributed by atoms with Crippen molar-refractivity contribution >= 4 is 11.9 Å². The summed E-state index contributed by atoms with van der Waals surface area (Å²) in [5, 5.41) is 0. The van der Waals surface area contributed by atoms with Crippen LogP contribution in [0.3, 0.4) is 0 Å². The number of methoxy groups -OCH3 is 2. The quantitative estimate of drug-likeness (QED) is 0.357. The Morgan fingerprint density at radius 2 is 1.43 bits per heavy atom. The van der Waals surface area contributed by atoms with E-state index in [0.29, 0.717) is 19.6 Å². The van der Waals surface area contributed by atoms with Crippen molar-refractivity contribution in [1.82, 2.24) is 4.90 Å². The van der Waals surface area contributed by atoms with Crippen LogP contribution in [0.1, 0.15) is 11.1 Å². The molecule has 0 fully saturated rings. The number of carbonyl (C=O) groups is 2. The minimum atomic E-state index is -0.877. The number of hydrogen-bond donors (Lipinski definition) is 0. The predicted molar refractivity (Wildman–Crippen MR) is 105 cm³/mol. The maximum absolute atomic E-state index is 12.2. The second-order valence-electron chi connectivity index (χ2n) is 6.11. The van der Waals surface area contributed by atoms with Crippen molar-refractivity contribution in [3.05, 3.63) is 84.1 Å². The van der Waals surface area contributed by atoms with E-state index in [-0.39, 0.29) is 0 Å². The molecule has 2 rings (SSSR count). The minimum absolute atomic E-state index is 0.294. The zero-order valence-corrected chi connectivity index (χ0v) is 16.1. The summed E-state index contributed by atoms with van der Waals surface area (Å²) in [7, 11) is 2.58. The molecule has 6 heteroatoms. The lowest BCUT2D eigenvalue weighted by Crippen LogP contribution is -2.38. The first-order chi connectivity index (χ1) is 13.6. The van der Waals surface area contributed by atoms with Crippen molar-refractivity contribution in [2.75, 3.05) is 20.8 Å². The van der Waals surface area contributed by atoms with Crippen LogP contribution in [-0.2, 0) is 36.9 Å². The largest absolute Gasteiger partial charge is 0.485 e. The third-order valence-electron chi connectivity index (χ3n) is 4.03. The summed E-state index contributed by atoms with van der Waals surface area (Å²) in [6, 6.07) is 19.9. The average Bonchev–Trinajstić information content (AvgIpc) is 2.73. The van der Waals surface area contributed by atoms with Crippen LogP contribution in [0.15, 0.2) is 73.0 Å². The summed E-state index contributed by atoms with van der Waals surface area (Å²) in [6.07, 6.45) is 1.41. The molecule has 0 saturated carbocycles. The molecule has 0 aliphatic heterocycles. The Bertz CT molecular complexity index is 720. The maximum atomic E-state index is 12.2. The molecule has 0 bridgehead atoms. The highest BCUT2D eigenvalue weighted by atomic mass is 16.6. The topological polar surface area (TPSA) is 65.1 Å². The molecule has 6 nitrogen and oxygen atoms in total. The lowest BCUT2D eigenvalue weighted by molar-refractivity contribution is -0.152. The van der Waals surface area contributed by atoms with Crippen LogP contribution >= 0.6 is 0 Å². The molecule has 148 valence electrons. The smallest absolute Gasteiger partial charge is 0.348 e. The Morgan fingerprint density at radius 3 is 1.89 bits per heavy atom. The fraction of sp³-hybridized carbons (Fsp3) is 0.273. The van der Waals surface area contributed by atoms with Crippen LogP contribution in [0.2, 0.25) is 0 Å². The second kappa shape index (κ2) is 11.6. The number of rotatable bonds is 10. The van der Waals surface area contributed by atoms with Gasteiger partial charge in [-0.2, -0.15) is 0 Å². The van der Waals surface area contributed by atoms with Crippen molar-refractivity contribution < 1.29 is 23.8 Å². The summed E-state index contributed by atoms with van der Waals surface area (Å²) >= 11 is 0. The van der Waals surface area contributed by atoms with E-state index in [1.54, 1.807) is 0 Å². The third kappa shape index (κ3) is 7.25. The van der Waals surface area contributed by atoms with Gasteiger partial charge in [0, 0.05) is 19.6 Å². The molecule has 0 heterocycles. The van der Waals surface area contributed by atoms with Gasteiger partial charge < -0.3 is 14.2 Å². The zero-order valence-electron chi connectivity index (χ0n) is 16.1. The monoisotopic (exact) mass is 383 g/mol. The fourth-order valence-electron chi connectivity index (χ4n) is 2.67. The molecule has 0 radical (unpaired) electrons. The molecule has 0 aliphatic rings. The van der Waals surface area contributed by atoms with E-state index in [0.717, 1.165) is 23.5 Å². The summed E-state index contributed by atoms with van der Waals surface area (Å²) in [4.78, 5) is 25.5. The first-order valence-electron chi connectivity index (χ1n) is 8.90. The van der Waals surface area contributed by atoms with E-state index >= 15 is 0 Å². The summed E-state index contributed by atoms with van der Waals surface area (Å²) < 4.78 is 14.9. The van der Waals surface area contributed by atoms with E-state index in [4.69, 9.17) is 9.47 Å². The molecular formula is C22H25NO5. The van der Waals surface area contributed by atoms with Crippen LogP contribution in [-0.4, -0.2) is 43.7 Å². The number of benzene rings is 2. The Balaban J connectivity index is 2.14. The van der Waals surface area contributed by atoms with E-state index in [1.807, 2.05) is 60.7 Å². The van der Waals surface area contributed by atoms with E-state index in [1.165, 1.54) is 14.2 Å². The number of hydrogen-bond acceptors (Lipinski definition) is 6. The van der Waals surface area contributed by atoms with Crippen molar-refractivity contribution in [2.45, 2.75) is 19.2 Å². The number of nitrogens with zero attached hydrogens (tertiary/aromatic N) is 1. The summed E-state index contributed by atoms with van der Waals surface area (Å²) in [5.41, 5.74) is 2.24. The Labute approximate surface area is 165 Å². The van der Waals surface area contributed by atoms with Gasteiger partial charge in [0.1, 0.15) is 0 Å². The molecule has 0 N–H and O–H groups in total. The SMILES string of the molecule is COC(=O)C=COC(CN(Cc1ccccc1)Cc1ccccc1)C(=O)OC. The van der Waals surface area contributed by atoms with Gasteiger partial charge in [-0.3, -0.25) is 4.90 Å².